The molecule has 5 nitrogen and oxygen atoms in total. The molecule has 0 bridgehead atoms. The molecule has 0 aromatic heterocycles. The van der Waals surface area contributed by atoms with Gasteiger partial charge in [-0.25, -0.2) is 0 Å². The molecule has 0 spiro atoms. The Kier molecular flexibility index (Phi) is 5.45. The van der Waals surface area contributed by atoms with Gasteiger partial charge < -0.3 is 5.32 Å². The van der Waals surface area contributed by atoms with E-state index in [0.29, 0.717) is 31.0 Å². The highest BCUT2D eigenvalue weighted by molar-refractivity contribution is 7.87. The lowest BCUT2D eigenvalue weighted by Crippen LogP contribution is -2.52. The molecule has 2 rings (SSSR count). The first-order valence-electron chi connectivity index (χ1n) is 7.87. The van der Waals surface area contributed by atoms with Crippen molar-refractivity contribution in [3.8, 4) is 0 Å². The SMILES string of the molecule is CC1CC(NS(=O)(=O)N2CCC(CNC(C)C)CC2)C1. The summed E-state index contributed by atoms with van der Waals surface area (Å²) >= 11 is 0. The lowest BCUT2D eigenvalue weighted by molar-refractivity contribution is 0.242. The van der Waals surface area contributed by atoms with Gasteiger partial charge in [0, 0.05) is 25.2 Å². The Balaban J connectivity index is 1.74. The van der Waals surface area contributed by atoms with Crippen LogP contribution in [0.5, 0.6) is 0 Å². The van der Waals surface area contributed by atoms with Crippen LogP contribution in [0, 0.1) is 11.8 Å². The summed E-state index contributed by atoms with van der Waals surface area (Å²) in [6.07, 6.45) is 3.88. The molecule has 1 aliphatic carbocycles. The van der Waals surface area contributed by atoms with Crippen LogP contribution < -0.4 is 10.0 Å². The zero-order chi connectivity index (χ0) is 14.8. The van der Waals surface area contributed by atoms with Gasteiger partial charge in [-0.15, -0.1) is 0 Å². The molecule has 1 heterocycles. The second-order valence-corrected chi connectivity index (χ2v) is 8.50. The predicted molar refractivity (Wildman–Crippen MR) is 81.7 cm³/mol. The lowest BCUT2D eigenvalue weighted by atomic mass is 9.83. The minimum atomic E-state index is -3.26. The third-order valence-electron chi connectivity index (χ3n) is 4.42. The van der Waals surface area contributed by atoms with Crippen LogP contribution in [-0.2, 0) is 10.2 Å². The summed E-state index contributed by atoms with van der Waals surface area (Å²) in [5.74, 6) is 1.27. The van der Waals surface area contributed by atoms with Crippen LogP contribution >= 0.6 is 0 Å². The van der Waals surface area contributed by atoms with Crippen molar-refractivity contribution >= 4 is 10.2 Å². The van der Waals surface area contributed by atoms with Crippen molar-refractivity contribution in [1.29, 1.82) is 0 Å². The predicted octanol–water partition coefficient (Wildman–Crippen LogP) is 1.33. The Hall–Kier alpha value is -0.170. The van der Waals surface area contributed by atoms with E-state index in [-0.39, 0.29) is 6.04 Å². The number of piperidine rings is 1. The van der Waals surface area contributed by atoms with Crippen molar-refractivity contribution in [3.05, 3.63) is 0 Å². The maximum Gasteiger partial charge on any atom is 0.279 e. The first kappa shape index (κ1) is 16.2. The zero-order valence-electron chi connectivity index (χ0n) is 12.9. The maximum atomic E-state index is 12.3. The monoisotopic (exact) mass is 303 g/mol. The summed E-state index contributed by atoms with van der Waals surface area (Å²) in [6.45, 7) is 8.76. The molecule has 118 valence electrons. The van der Waals surface area contributed by atoms with Gasteiger partial charge in [0.05, 0.1) is 0 Å². The van der Waals surface area contributed by atoms with Gasteiger partial charge in [-0.1, -0.05) is 20.8 Å². The summed E-state index contributed by atoms with van der Waals surface area (Å²) in [6, 6.07) is 0.661. The van der Waals surface area contributed by atoms with Crippen molar-refractivity contribution in [2.75, 3.05) is 19.6 Å². The Morgan fingerprint density at radius 3 is 2.30 bits per heavy atom. The standard InChI is InChI=1S/C14H29N3O2S/c1-11(2)15-10-13-4-6-17(7-5-13)20(18,19)16-14-8-12(3)9-14/h11-16H,4-10H2,1-3H3. The number of nitrogens with zero attached hydrogens (tertiary/aromatic N) is 1. The van der Waals surface area contributed by atoms with Crippen molar-refractivity contribution in [3.63, 3.8) is 0 Å². The van der Waals surface area contributed by atoms with Gasteiger partial charge in [-0.2, -0.15) is 17.4 Å². The number of rotatable bonds is 6. The molecular weight excluding hydrogens is 274 g/mol. The minimum absolute atomic E-state index is 0.162. The van der Waals surface area contributed by atoms with E-state index >= 15 is 0 Å². The van der Waals surface area contributed by atoms with Gasteiger partial charge in [0.25, 0.3) is 10.2 Å². The van der Waals surface area contributed by atoms with Crippen LogP contribution in [0.25, 0.3) is 0 Å². The van der Waals surface area contributed by atoms with Gasteiger partial charge in [-0.3, -0.25) is 0 Å². The molecule has 2 fully saturated rings. The van der Waals surface area contributed by atoms with Crippen LogP contribution in [0.15, 0.2) is 0 Å². The molecule has 0 aromatic rings. The van der Waals surface area contributed by atoms with Gasteiger partial charge in [0.2, 0.25) is 0 Å². The molecule has 0 aromatic carbocycles. The lowest BCUT2D eigenvalue weighted by Gasteiger charge is -2.37. The number of nitrogens with one attached hydrogen (secondary N) is 2. The van der Waals surface area contributed by atoms with Gasteiger partial charge in [0.1, 0.15) is 0 Å². The third kappa shape index (κ3) is 4.41. The quantitative estimate of drug-likeness (QED) is 0.778. The third-order valence-corrected chi connectivity index (χ3v) is 6.09. The Morgan fingerprint density at radius 2 is 1.80 bits per heavy atom. The van der Waals surface area contributed by atoms with E-state index in [9.17, 15) is 8.42 Å². The molecule has 20 heavy (non-hydrogen) atoms. The molecule has 6 heteroatoms. The molecule has 0 atom stereocenters. The van der Waals surface area contributed by atoms with Crippen LogP contribution in [0.3, 0.4) is 0 Å². The zero-order valence-corrected chi connectivity index (χ0v) is 13.7. The molecule has 1 aliphatic heterocycles. The second-order valence-electron chi connectivity index (χ2n) is 6.80. The van der Waals surface area contributed by atoms with Gasteiger partial charge in [0.15, 0.2) is 0 Å². The van der Waals surface area contributed by atoms with Crippen molar-refractivity contribution in [1.82, 2.24) is 14.3 Å². The Bertz CT molecular complexity index is 397. The van der Waals surface area contributed by atoms with Gasteiger partial charge in [-0.05, 0) is 44.1 Å². The first-order valence-corrected chi connectivity index (χ1v) is 9.31. The van der Waals surface area contributed by atoms with Gasteiger partial charge >= 0.3 is 0 Å². The molecule has 0 unspecified atom stereocenters. The highest BCUT2D eigenvalue weighted by atomic mass is 32.2. The minimum Gasteiger partial charge on any atom is -0.314 e. The first-order chi connectivity index (χ1) is 9.37. The van der Waals surface area contributed by atoms with Crippen LogP contribution in [0.4, 0.5) is 0 Å². The van der Waals surface area contributed by atoms with E-state index < -0.39 is 10.2 Å². The second kappa shape index (κ2) is 6.73. The average molecular weight is 303 g/mol. The topological polar surface area (TPSA) is 61.4 Å². The van der Waals surface area contributed by atoms with E-state index in [1.54, 1.807) is 4.31 Å². The molecule has 1 saturated heterocycles. The van der Waals surface area contributed by atoms with Crippen molar-refractivity contribution < 1.29 is 8.42 Å². The molecule has 2 aliphatic rings. The van der Waals surface area contributed by atoms with Crippen molar-refractivity contribution in [2.24, 2.45) is 11.8 Å². The largest absolute Gasteiger partial charge is 0.314 e. The summed E-state index contributed by atoms with van der Waals surface area (Å²) in [5, 5.41) is 3.44. The fraction of sp³-hybridized carbons (Fsp3) is 1.00. The summed E-state index contributed by atoms with van der Waals surface area (Å²) in [4.78, 5) is 0. The Labute approximate surface area is 123 Å². The molecule has 2 N–H and O–H groups in total. The normalized spacial score (nSPS) is 29.6. The number of hydrogen-bond donors (Lipinski definition) is 2. The van der Waals surface area contributed by atoms with E-state index in [4.69, 9.17) is 0 Å². The van der Waals surface area contributed by atoms with Crippen molar-refractivity contribution in [2.45, 2.75) is 58.5 Å². The van der Waals surface area contributed by atoms with Crippen LogP contribution in [0.1, 0.15) is 46.5 Å². The number of hydrogen-bond acceptors (Lipinski definition) is 3. The smallest absolute Gasteiger partial charge is 0.279 e. The Morgan fingerprint density at radius 1 is 1.20 bits per heavy atom. The highest BCUT2D eigenvalue weighted by Gasteiger charge is 2.33. The summed E-state index contributed by atoms with van der Waals surface area (Å²) in [5.41, 5.74) is 0. The summed E-state index contributed by atoms with van der Waals surface area (Å²) < 4.78 is 29.0. The highest BCUT2D eigenvalue weighted by Crippen LogP contribution is 2.28. The fourth-order valence-corrected chi connectivity index (χ4v) is 4.49. The average Bonchev–Trinajstić information content (AvgIpc) is 2.35. The summed E-state index contributed by atoms with van der Waals surface area (Å²) in [7, 11) is -3.26. The van der Waals surface area contributed by atoms with Crippen LogP contribution in [0.2, 0.25) is 0 Å². The molecule has 1 saturated carbocycles. The van der Waals surface area contributed by atoms with E-state index in [1.165, 1.54) is 0 Å². The maximum absolute atomic E-state index is 12.3. The van der Waals surface area contributed by atoms with Crippen LogP contribution in [-0.4, -0.2) is 44.4 Å². The molecule has 0 amide bonds. The molecule has 0 radical (unpaired) electrons. The van der Waals surface area contributed by atoms with E-state index in [1.807, 2.05) is 0 Å². The van der Waals surface area contributed by atoms with E-state index in [0.717, 1.165) is 32.2 Å². The van der Waals surface area contributed by atoms with E-state index in [2.05, 4.69) is 30.8 Å². The molecular formula is C14H29N3O2S. The fourth-order valence-electron chi connectivity index (χ4n) is 3.04.